The summed E-state index contributed by atoms with van der Waals surface area (Å²) in [6, 6.07) is 0. The quantitative estimate of drug-likeness (QED) is 0.616. The van der Waals surface area contributed by atoms with Gasteiger partial charge in [-0.1, -0.05) is 13.0 Å². The van der Waals surface area contributed by atoms with Gasteiger partial charge < -0.3 is 5.11 Å². The highest BCUT2D eigenvalue weighted by molar-refractivity contribution is 5.76. The van der Waals surface area contributed by atoms with Crippen LogP contribution in [0.3, 0.4) is 0 Å². The van der Waals surface area contributed by atoms with Crippen molar-refractivity contribution in [1.82, 2.24) is 0 Å². The third-order valence-electron chi connectivity index (χ3n) is 2.79. The van der Waals surface area contributed by atoms with Crippen molar-refractivity contribution in [3.63, 3.8) is 0 Å². The lowest BCUT2D eigenvalue weighted by Crippen LogP contribution is -2.38. The average molecular weight is 254 g/mol. The third kappa shape index (κ3) is 3.43. The minimum Gasteiger partial charge on any atom is -0.481 e. The van der Waals surface area contributed by atoms with Crippen molar-refractivity contribution in [2.24, 2.45) is 5.92 Å². The van der Waals surface area contributed by atoms with E-state index >= 15 is 0 Å². The Balaban J connectivity index is 2.68. The Bertz CT molecular complexity index is 429. The van der Waals surface area contributed by atoms with E-state index in [1.165, 1.54) is 6.08 Å². The van der Waals surface area contributed by atoms with E-state index in [9.17, 15) is 13.6 Å². The molecule has 1 aliphatic rings. The zero-order chi connectivity index (χ0) is 13.6. The van der Waals surface area contributed by atoms with E-state index in [4.69, 9.17) is 5.11 Å². The maximum absolute atomic E-state index is 14.5. The summed E-state index contributed by atoms with van der Waals surface area (Å²) in [5.74, 6) is 1.55. The molecule has 0 saturated carbocycles. The smallest absolute Gasteiger partial charge is 0.317 e. The van der Waals surface area contributed by atoms with Crippen molar-refractivity contribution in [3.8, 4) is 11.8 Å². The molecule has 0 amide bonds. The highest BCUT2D eigenvalue weighted by Gasteiger charge is 2.45. The van der Waals surface area contributed by atoms with Crippen LogP contribution >= 0.6 is 0 Å². The molecule has 0 aromatic carbocycles. The summed E-state index contributed by atoms with van der Waals surface area (Å²) in [6.07, 6.45) is 4.94. The first kappa shape index (κ1) is 14.4. The SMILES string of the molecule is CCC#CCCCC1(F)C=CC=C(F)C1C(=O)O. The minimum atomic E-state index is -2.15. The number of alkyl halides is 1. The van der Waals surface area contributed by atoms with Crippen LogP contribution in [-0.2, 0) is 4.79 Å². The number of rotatable bonds is 4. The molecule has 1 N–H and O–H groups in total. The molecule has 0 heterocycles. The van der Waals surface area contributed by atoms with Crippen molar-refractivity contribution >= 4 is 5.97 Å². The molecule has 0 fully saturated rings. The first-order chi connectivity index (χ1) is 8.51. The first-order valence-electron chi connectivity index (χ1n) is 5.93. The number of carboxylic acid groups (broad SMARTS) is 1. The summed E-state index contributed by atoms with van der Waals surface area (Å²) in [6.45, 7) is 1.91. The number of aliphatic carboxylic acids is 1. The van der Waals surface area contributed by atoms with E-state index in [2.05, 4.69) is 11.8 Å². The molecule has 1 aliphatic carbocycles. The average Bonchev–Trinajstić information content (AvgIpc) is 2.28. The van der Waals surface area contributed by atoms with Gasteiger partial charge in [0.05, 0.1) is 0 Å². The molecule has 2 atom stereocenters. The van der Waals surface area contributed by atoms with Gasteiger partial charge in [0.1, 0.15) is 17.4 Å². The van der Waals surface area contributed by atoms with Crippen molar-refractivity contribution in [2.45, 2.75) is 38.3 Å². The van der Waals surface area contributed by atoms with E-state index in [0.717, 1.165) is 18.6 Å². The zero-order valence-corrected chi connectivity index (χ0v) is 10.2. The van der Waals surface area contributed by atoms with Crippen molar-refractivity contribution in [2.75, 3.05) is 0 Å². The third-order valence-corrected chi connectivity index (χ3v) is 2.79. The number of carbonyl (C=O) groups is 1. The number of unbranched alkanes of at least 4 members (excludes halogenated alkanes) is 1. The van der Waals surface area contributed by atoms with Gasteiger partial charge in [-0.2, -0.15) is 0 Å². The van der Waals surface area contributed by atoms with Gasteiger partial charge in [-0.15, -0.1) is 11.8 Å². The standard InChI is InChI=1S/C14H16F2O2/c1-2-3-4-5-6-9-14(16)10-7-8-11(15)12(14)13(17)18/h7-8,10,12H,2,5-6,9H2,1H3,(H,17,18). The summed E-state index contributed by atoms with van der Waals surface area (Å²) in [5.41, 5.74) is -2.15. The fourth-order valence-corrected chi connectivity index (χ4v) is 1.93. The number of halogens is 2. The molecule has 0 aromatic rings. The maximum atomic E-state index is 14.5. The van der Waals surface area contributed by atoms with Gasteiger partial charge in [-0.05, 0) is 25.0 Å². The molecule has 4 heteroatoms. The Morgan fingerprint density at radius 2 is 2.28 bits per heavy atom. The van der Waals surface area contributed by atoms with Crippen LogP contribution in [0.2, 0.25) is 0 Å². The molecule has 98 valence electrons. The lowest BCUT2D eigenvalue weighted by atomic mass is 9.81. The van der Waals surface area contributed by atoms with Gasteiger partial charge >= 0.3 is 5.97 Å². The number of hydrogen-bond donors (Lipinski definition) is 1. The van der Waals surface area contributed by atoms with Crippen LogP contribution in [0.1, 0.15) is 32.6 Å². The second-order valence-corrected chi connectivity index (χ2v) is 4.17. The van der Waals surface area contributed by atoms with Gasteiger partial charge in [0.25, 0.3) is 0 Å². The fraction of sp³-hybridized carbons (Fsp3) is 0.500. The molecule has 0 bridgehead atoms. The van der Waals surface area contributed by atoms with Crippen LogP contribution in [0.4, 0.5) is 8.78 Å². The molecule has 1 rings (SSSR count). The summed E-state index contributed by atoms with van der Waals surface area (Å²) in [4.78, 5) is 10.9. The normalized spacial score (nSPS) is 26.2. The number of hydrogen-bond acceptors (Lipinski definition) is 1. The van der Waals surface area contributed by atoms with E-state index in [1.807, 2.05) is 6.92 Å². The Morgan fingerprint density at radius 1 is 1.56 bits per heavy atom. The molecule has 0 saturated heterocycles. The Hall–Kier alpha value is -1.63. The Morgan fingerprint density at radius 3 is 2.89 bits per heavy atom. The molecule has 0 radical (unpaired) electrons. The lowest BCUT2D eigenvalue weighted by Gasteiger charge is -2.29. The van der Waals surface area contributed by atoms with Crippen molar-refractivity contribution < 1.29 is 18.7 Å². The Kier molecular flexibility index (Phi) is 5.08. The van der Waals surface area contributed by atoms with Crippen molar-refractivity contribution in [3.05, 3.63) is 24.1 Å². The summed E-state index contributed by atoms with van der Waals surface area (Å²) < 4.78 is 27.8. The maximum Gasteiger partial charge on any atom is 0.317 e. The molecule has 2 unspecified atom stereocenters. The monoisotopic (exact) mass is 254 g/mol. The van der Waals surface area contributed by atoms with Gasteiger partial charge in [0.2, 0.25) is 0 Å². The first-order valence-corrected chi connectivity index (χ1v) is 5.93. The molecule has 0 aliphatic heterocycles. The van der Waals surface area contributed by atoms with Crippen LogP contribution in [0, 0.1) is 17.8 Å². The zero-order valence-electron chi connectivity index (χ0n) is 10.2. The van der Waals surface area contributed by atoms with Crippen LogP contribution in [-0.4, -0.2) is 16.7 Å². The second-order valence-electron chi connectivity index (χ2n) is 4.17. The molecular weight excluding hydrogens is 238 g/mol. The summed E-state index contributed by atoms with van der Waals surface area (Å²) in [7, 11) is 0. The number of carboxylic acids is 1. The summed E-state index contributed by atoms with van der Waals surface area (Å²) >= 11 is 0. The fourth-order valence-electron chi connectivity index (χ4n) is 1.93. The van der Waals surface area contributed by atoms with E-state index in [1.54, 1.807) is 0 Å². The van der Waals surface area contributed by atoms with Gasteiger partial charge in [0.15, 0.2) is 0 Å². The molecular formula is C14H16F2O2. The predicted octanol–water partition coefficient (Wildman–Crippen LogP) is 3.40. The highest BCUT2D eigenvalue weighted by atomic mass is 19.2. The van der Waals surface area contributed by atoms with Gasteiger partial charge in [-0.3, -0.25) is 4.79 Å². The van der Waals surface area contributed by atoms with E-state index in [-0.39, 0.29) is 6.42 Å². The van der Waals surface area contributed by atoms with Crippen LogP contribution in [0.5, 0.6) is 0 Å². The van der Waals surface area contributed by atoms with Crippen LogP contribution < -0.4 is 0 Å². The second kappa shape index (κ2) is 6.34. The van der Waals surface area contributed by atoms with Crippen LogP contribution in [0.25, 0.3) is 0 Å². The van der Waals surface area contributed by atoms with Crippen LogP contribution in [0.15, 0.2) is 24.1 Å². The van der Waals surface area contributed by atoms with Crippen molar-refractivity contribution in [1.29, 1.82) is 0 Å². The molecule has 0 aromatic heterocycles. The topological polar surface area (TPSA) is 37.3 Å². The van der Waals surface area contributed by atoms with E-state index in [0.29, 0.717) is 12.8 Å². The molecule has 0 spiro atoms. The summed E-state index contributed by atoms with van der Waals surface area (Å²) in [5, 5.41) is 8.90. The Labute approximate surface area is 105 Å². The predicted molar refractivity (Wildman–Crippen MR) is 65.2 cm³/mol. The molecule has 18 heavy (non-hydrogen) atoms. The number of allylic oxidation sites excluding steroid dienone is 3. The van der Waals surface area contributed by atoms with Gasteiger partial charge in [0, 0.05) is 12.8 Å². The minimum absolute atomic E-state index is 0.0415. The van der Waals surface area contributed by atoms with Gasteiger partial charge in [-0.25, -0.2) is 8.78 Å². The van der Waals surface area contributed by atoms with E-state index < -0.39 is 23.4 Å². The molecule has 2 nitrogen and oxygen atoms in total. The lowest BCUT2D eigenvalue weighted by molar-refractivity contribution is -0.145. The highest BCUT2D eigenvalue weighted by Crippen LogP contribution is 2.38. The largest absolute Gasteiger partial charge is 0.481 e.